The first-order chi connectivity index (χ1) is 15.1. The molecule has 31 heavy (non-hydrogen) atoms. The molecule has 2 amide bonds. The van der Waals surface area contributed by atoms with Gasteiger partial charge in [-0.05, 0) is 67.4 Å². The molecule has 0 saturated carbocycles. The smallest absolute Gasteiger partial charge is 0.245 e. The molecule has 0 bridgehead atoms. The van der Waals surface area contributed by atoms with Gasteiger partial charge in [-0.15, -0.1) is 0 Å². The molecule has 1 N–H and O–H groups in total. The van der Waals surface area contributed by atoms with Crippen LogP contribution in [0.5, 0.6) is 11.5 Å². The predicted octanol–water partition coefficient (Wildman–Crippen LogP) is 3.77. The number of unbranched alkanes of at least 4 members (excludes halogenated alkanes) is 1. The van der Waals surface area contributed by atoms with Crippen molar-refractivity contribution < 1.29 is 19.1 Å². The van der Waals surface area contributed by atoms with Gasteiger partial charge in [-0.3, -0.25) is 9.59 Å². The van der Waals surface area contributed by atoms with Gasteiger partial charge in [0.15, 0.2) is 0 Å². The SMILES string of the molecule is CCCCOc1ccc(/C=N\NC(=O)[C@@H]2CC(=O)N(c3ccc(OCC)cc3)C2)cc1. The van der Waals surface area contributed by atoms with E-state index in [1.54, 1.807) is 11.1 Å². The number of carbonyl (C=O) groups excluding carboxylic acids is 2. The van der Waals surface area contributed by atoms with Crippen LogP contribution in [0.1, 0.15) is 38.7 Å². The second-order valence-electron chi connectivity index (χ2n) is 7.34. The fourth-order valence-electron chi connectivity index (χ4n) is 3.27. The summed E-state index contributed by atoms with van der Waals surface area (Å²) in [6, 6.07) is 14.8. The van der Waals surface area contributed by atoms with Gasteiger partial charge in [0.2, 0.25) is 11.8 Å². The molecule has 2 aromatic carbocycles. The Labute approximate surface area is 183 Å². The van der Waals surface area contributed by atoms with Crippen molar-refractivity contribution in [3.63, 3.8) is 0 Å². The molecule has 3 rings (SSSR count). The Morgan fingerprint density at radius 2 is 1.77 bits per heavy atom. The number of amides is 2. The largest absolute Gasteiger partial charge is 0.494 e. The highest BCUT2D eigenvalue weighted by molar-refractivity contribution is 6.00. The summed E-state index contributed by atoms with van der Waals surface area (Å²) in [5.41, 5.74) is 4.16. The van der Waals surface area contributed by atoms with E-state index in [1.165, 1.54) is 0 Å². The Balaban J connectivity index is 1.50. The lowest BCUT2D eigenvalue weighted by Crippen LogP contribution is -2.30. The first-order valence-electron chi connectivity index (χ1n) is 10.7. The summed E-state index contributed by atoms with van der Waals surface area (Å²) in [6.07, 6.45) is 3.86. The maximum absolute atomic E-state index is 12.5. The molecule has 1 heterocycles. The van der Waals surface area contributed by atoms with Gasteiger partial charge in [0.05, 0.1) is 25.3 Å². The zero-order chi connectivity index (χ0) is 22.1. The lowest BCUT2D eigenvalue weighted by molar-refractivity contribution is -0.126. The van der Waals surface area contributed by atoms with Gasteiger partial charge in [-0.1, -0.05) is 13.3 Å². The minimum absolute atomic E-state index is 0.0769. The van der Waals surface area contributed by atoms with Crippen LogP contribution < -0.4 is 19.8 Å². The zero-order valence-electron chi connectivity index (χ0n) is 18.0. The molecule has 1 aliphatic rings. The van der Waals surface area contributed by atoms with Crippen molar-refractivity contribution in [1.82, 2.24) is 5.43 Å². The summed E-state index contributed by atoms with van der Waals surface area (Å²) in [7, 11) is 0. The van der Waals surface area contributed by atoms with Gasteiger partial charge < -0.3 is 14.4 Å². The van der Waals surface area contributed by atoms with Crippen molar-refractivity contribution in [3.05, 3.63) is 54.1 Å². The molecule has 1 fully saturated rings. The monoisotopic (exact) mass is 423 g/mol. The van der Waals surface area contributed by atoms with Crippen LogP contribution in [0, 0.1) is 5.92 Å². The molecular weight excluding hydrogens is 394 g/mol. The topological polar surface area (TPSA) is 80.2 Å². The third kappa shape index (κ3) is 6.31. The van der Waals surface area contributed by atoms with E-state index < -0.39 is 5.92 Å². The zero-order valence-corrected chi connectivity index (χ0v) is 18.0. The van der Waals surface area contributed by atoms with Crippen LogP contribution in [0.25, 0.3) is 0 Å². The minimum atomic E-state index is -0.439. The molecule has 7 heteroatoms. The summed E-state index contributed by atoms with van der Waals surface area (Å²) in [6.45, 7) is 5.66. The molecule has 0 aromatic heterocycles. The van der Waals surface area contributed by atoms with E-state index in [4.69, 9.17) is 9.47 Å². The van der Waals surface area contributed by atoms with E-state index in [0.717, 1.165) is 35.6 Å². The van der Waals surface area contributed by atoms with Gasteiger partial charge >= 0.3 is 0 Å². The maximum atomic E-state index is 12.5. The van der Waals surface area contributed by atoms with E-state index >= 15 is 0 Å². The molecule has 0 aliphatic carbocycles. The fraction of sp³-hybridized carbons (Fsp3) is 0.375. The van der Waals surface area contributed by atoms with Gasteiger partial charge in [-0.25, -0.2) is 5.43 Å². The van der Waals surface area contributed by atoms with E-state index in [9.17, 15) is 9.59 Å². The van der Waals surface area contributed by atoms with E-state index in [2.05, 4.69) is 17.5 Å². The number of ether oxygens (including phenoxy) is 2. The number of carbonyl (C=O) groups is 2. The van der Waals surface area contributed by atoms with Crippen LogP contribution in [0.4, 0.5) is 5.69 Å². The number of nitrogens with one attached hydrogen (secondary N) is 1. The van der Waals surface area contributed by atoms with E-state index in [1.807, 2.05) is 55.5 Å². The van der Waals surface area contributed by atoms with E-state index in [-0.39, 0.29) is 18.2 Å². The van der Waals surface area contributed by atoms with Crippen LogP contribution >= 0.6 is 0 Å². The highest BCUT2D eigenvalue weighted by Crippen LogP contribution is 2.27. The summed E-state index contributed by atoms with van der Waals surface area (Å²) >= 11 is 0. The van der Waals surface area contributed by atoms with Crippen LogP contribution in [-0.2, 0) is 9.59 Å². The normalized spacial score (nSPS) is 16.0. The summed E-state index contributed by atoms with van der Waals surface area (Å²) in [4.78, 5) is 26.5. The number of nitrogens with zero attached hydrogens (tertiary/aromatic N) is 2. The molecule has 0 unspecified atom stereocenters. The quantitative estimate of drug-likeness (QED) is 0.358. The average molecular weight is 424 g/mol. The minimum Gasteiger partial charge on any atom is -0.494 e. The number of rotatable bonds is 10. The fourth-order valence-corrected chi connectivity index (χ4v) is 3.27. The van der Waals surface area contributed by atoms with Crippen LogP contribution in [0.3, 0.4) is 0 Å². The first kappa shape index (κ1) is 22.3. The summed E-state index contributed by atoms with van der Waals surface area (Å²) in [5.74, 6) is 0.783. The molecular formula is C24H29N3O4. The highest BCUT2D eigenvalue weighted by atomic mass is 16.5. The Bertz CT molecular complexity index is 894. The maximum Gasteiger partial charge on any atom is 0.245 e. The lowest BCUT2D eigenvalue weighted by atomic mass is 10.1. The van der Waals surface area contributed by atoms with Crippen LogP contribution in [0.2, 0.25) is 0 Å². The van der Waals surface area contributed by atoms with Gasteiger partial charge in [0, 0.05) is 18.7 Å². The Morgan fingerprint density at radius 3 is 2.45 bits per heavy atom. The third-order valence-electron chi connectivity index (χ3n) is 4.99. The number of benzene rings is 2. The van der Waals surface area contributed by atoms with Crippen LogP contribution in [-0.4, -0.2) is 37.8 Å². The van der Waals surface area contributed by atoms with Gasteiger partial charge in [0.1, 0.15) is 11.5 Å². The Kier molecular flexibility index (Phi) is 8.04. The molecule has 1 aliphatic heterocycles. The predicted molar refractivity (Wildman–Crippen MR) is 121 cm³/mol. The molecule has 1 atom stereocenters. The lowest BCUT2D eigenvalue weighted by Gasteiger charge is -2.17. The number of anilines is 1. The second-order valence-corrected chi connectivity index (χ2v) is 7.34. The number of hydrogen-bond acceptors (Lipinski definition) is 5. The van der Waals surface area contributed by atoms with Crippen molar-refractivity contribution in [3.8, 4) is 11.5 Å². The summed E-state index contributed by atoms with van der Waals surface area (Å²) in [5, 5.41) is 4.03. The number of hydrogen-bond donors (Lipinski definition) is 1. The average Bonchev–Trinajstić information content (AvgIpc) is 3.17. The van der Waals surface area contributed by atoms with Gasteiger partial charge in [-0.2, -0.15) is 5.10 Å². The van der Waals surface area contributed by atoms with E-state index in [0.29, 0.717) is 19.8 Å². The van der Waals surface area contributed by atoms with Gasteiger partial charge in [0.25, 0.3) is 0 Å². The van der Waals surface area contributed by atoms with Crippen molar-refractivity contribution in [1.29, 1.82) is 0 Å². The standard InChI is InChI=1S/C24H29N3O4/c1-3-5-14-31-22-10-6-18(7-11-22)16-25-26-24(29)19-15-23(28)27(17-19)20-8-12-21(13-9-20)30-4-2/h6-13,16,19H,3-5,14-15,17H2,1-2H3,(H,26,29)/b25-16-/t19-/m1/s1. The molecule has 1 saturated heterocycles. The van der Waals surface area contributed by atoms with Crippen molar-refractivity contribution >= 4 is 23.7 Å². The molecule has 2 aromatic rings. The van der Waals surface area contributed by atoms with Crippen LogP contribution in [0.15, 0.2) is 53.6 Å². The van der Waals surface area contributed by atoms with Crippen molar-refractivity contribution in [2.24, 2.45) is 11.0 Å². The number of hydrazone groups is 1. The Morgan fingerprint density at radius 1 is 1.10 bits per heavy atom. The van der Waals surface area contributed by atoms with Crippen molar-refractivity contribution in [2.75, 3.05) is 24.7 Å². The molecule has 7 nitrogen and oxygen atoms in total. The second kappa shape index (κ2) is 11.2. The summed E-state index contributed by atoms with van der Waals surface area (Å²) < 4.78 is 11.1. The third-order valence-corrected chi connectivity index (χ3v) is 4.99. The molecule has 0 spiro atoms. The Hall–Kier alpha value is -3.35. The first-order valence-corrected chi connectivity index (χ1v) is 10.7. The molecule has 164 valence electrons. The highest BCUT2D eigenvalue weighted by Gasteiger charge is 2.35. The molecule has 0 radical (unpaired) electrons. The van der Waals surface area contributed by atoms with Crippen molar-refractivity contribution in [2.45, 2.75) is 33.1 Å².